The van der Waals surface area contributed by atoms with Gasteiger partial charge in [-0.15, -0.1) is 0 Å². The Morgan fingerprint density at radius 1 is 1.08 bits per heavy atom. The van der Waals surface area contributed by atoms with E-state index in [0.29, 0.717) is 30.1 Å². The van der Waals surface area contributed by atoms with Gasteiger partial charge >= 0.3 is 5.97 Å². The highest BCUT2D eigenvalue weighted by Crippen LogP contribution is 2.33. The second-order valence-electron chi connectivity index (χ2n) is 6.04. The van der Waals surface area contributed by atoms with E-state index in [0.717, 1.165) is 11.1 Å². The van der Waals surface area contributed by atoms with Gasteiger partial charge in [-0.25, -0.2) is 4.79 Å². The van der Waals surface area contributed by atoms with Crippen molar-refractivity contribution in [2.75, 3.05) is 20.8 Å². The molecule has 2 N–H and O–H groups in total. The van der Waals surface area contributed by atoms with Crippen LogP contribution in [0.1, 0.15) is 11.1 Å². The van der Waals surface area contributed by atoms with Crippen molar-refractivity contribution in [2.24, 2.45) is 5.92 Å². The van der Waals surface area contributed by atoms with Gasteiger partial charge in [-0.1, -0.05) is 12.1 Å². The molecular formula is C20H20O6. The van der Waals surface area contributed by atoms with Crippen molar-refractivity contribution in [3.8, 4) is 23.0 Å². The van der Waals surface area contributed by atoms with E-state index in [-0.39, 0.29) is 23.4 Å². The van der Waals surface area contributed by atoms with Crippen molar-refractivity contribution in [3.63, 3.8) is 0 Å². The number of hydrogen-bond donors (Lipinski definition) is 2. The summed E-state index contributed by atoms with van der Waals surface area (Å²) in [5.74, 6) is 0.370. The molecule has 1 heterocycles. The summed E-state index contributed by atoms with van der Waals surface area (Å²) in [6, 6.07) is 10.00. The van der Waals surface area contributed by atoms with Crippen LogP contribution in [0.4, 0.5) is 0 Å². The number of phenols is 2. The minimum absolute atomic E-state index is 0.0383. The Labute approximate surface area is 151 Å². The smallest absolute Gasteiger partial charge is 0.334 e. The van der Waals surface area contributed by atoms with Gasteiger partial charge in [-0.3, -0.25) is 0 Å². The number of hydrogen-bond acceptors (Lipinski definition) is 6. The average Bonchev–Trinajstić information content (AvgIpc) is 2.98. The van der Waals surface area contributed by atoms with Crippen molar-refractivity contribution in [3.05, 3.63) is 53.1 Å². The topological polar surface area (TPSA) is 85.2 Å². The molecule has 0 bridgehead atoms. The summed E-state index contributed by atoms with van der Waals surface area (Å²) in [6.07, 6.45) is 2.32. The first-order valence-electron chi connectivity index (χ1n) is 8.13. The standard InChI is InChI=1S/C20H20O6/c1-24-18-9-12(3-5-16(18)21)7-14-11-26-20(23)15(14)8-13-4-6-17(22)19(10-13)25-2/h3-6,8-10,14,21-22H,7,11H2,1-2H3/b15-8-. The molecule has 1 atom stereocenters. The second kappa shape index (κ2) is 7.39. The summed E-state index contributed by atoms with van der Waals surface area (Å²) >= 11 is 0. The molecular weight excluding hydrogens is 336 g/mol. The van der Waals surface area contributed by atoms with Crippen LogP contribution in [0.5, 0.6) is 23.0 Å². The number of ether oxygens (including phenoxy) is 3. The summed E-state index contributed by atoms with van der Waals surface area (Å²) in [5, 5.41) is 19.4. The van der Waals surface area contributed by atoms with Gasteiger partial charge in [0.25, 0.3) is 0 Å². The molecule has 1 aliphatic heterocycles. The molecule has 3 rings (SSSR count). The second-order valence-corrected chi connectivity index (χ2v) is 6.04. The van der Waals surface area contributed by atoms with Crippen molar-refractivity contribution < 1.29 is 29.2 Å². The highest BCUT2D eigenvalue weighted by molar-refractivity contribution is 5.96. The summed E-state index contributed by atoms with van der Waals surface area (Å²) in [5.41, 5.74) is 2.23. The average molecular weight is 356 g/mol. The van der Waals surface area contributed by atoms with E-state index in [1.54, 1.807) is 36.4 Å². The van der Waals surface area contributed by atoms with Gasteiger partial charge in [0.2, 0.25) is 0 Å². The van der Waals surface area contributed by atoms with Crippen molar-refractivity contribution >= 4 is 12.0 Å². The van der Waals surface area contributed by atoms with Crippen LogP contribution in [0.2, 0.25) is 0 Å². The molecule has 0 saturated carbocycles. The van der Waals surface area contributed by atoms with E-state index in [9.17, 15) is 15.0 Å². The van der Waals surface area contributed by atoms with Crippen LogP contribution in [0.15, 0.2) is 42.0 Å². The highest BCUT2D eigenvalue weighted by atomic mass is 16.5. The third-order valence-corrected chi connectivity index (χ3v) is 4.34. The summed E-state index contributed by atoms with van der Waals surface area (Å²) in [4.78, 5) is 12.1. The highest BCUT2D eigenvalue weighted by Gasteiger charge is 2.30. The number of esters is 1. The monoisotopic (exact) mass is 356 g/mol. The van der Waals surface area contributed by atoms with Gasteiger partial charge in [0, 0.05) is 11.5 Å². The summed E-state index contributed by atoms with van der Waals surface area (Å²) in [7, 11) is 2.96. The molecule has 136 valence electrons. The molecule has 2 aromatic rings. The van der Waals surface area contributed by atoms with Crippen LogP contribution in [0.25, 0.3) is 6.08 Å². The maximum atomic E-state index is 12.1. The molecule has 1 aliphatic rings. The Morgan fingerprint density at radius 2 is 1.73 bits per heavy atom. The van der Waals surface area contributed by atoms with Gasteiger partial charge < -0.3 is 24.4 Å². The summed E-state index contributed by atoms with van der Waals surface area (Å²) < 4.78 is 15.4. The van der Waals surface area contributed by atoms with Crippen LogP contribution >= 0.6 is 0 Å². The van der Waals surface area contributed by atoms with Gasteiger partial charge in [0.15, 0.2) is 23.0 Å². The van der Waals surface area contributed by atoms with Gasteiger partial charge in [-0.2, -0.15) is 0 Å². The lowest BCUT2D eigenvalue weighted by Gasteiger charge is -2.11. The van der Waals surface area contributed by atoms with Crippen LogP contribution < -0.4 is 9.47 Å². The van der Waals surface area contributed by atoms with E-state index < -0.39 is 0 Å². The molecule has 0 spiro atoms. The Hall–Kier alpha value is -3.15. The van der Waals surface area contributed by atoms with Crippen molar-refractivity contribution in [1.82, 2.24) is 0 Å². The molecule has 1 saturated heterocycles. The first-order valence-corrected chi connectivity index (χ1v) is 8.13. The third kappa shape index (κ3) is 3.59. The summed E-state index contributed by atoms with van der Waals surface area (Å²) in [6.45, 7) is 0.295. The van der Waals surface area contributed by atoms with Crippen molar-refractivity contribution in [1.29, 1.82) is 0 Å². The first kappa shape index (κ1) is 17.7. The quantitative estimate of drug-likeness (QED) is 0.633. The number of carbonyl (C=O) groups excluding carboxylic acids is 1. The fourth-order valence-corrected chi connectivity index (χ4v) is 2.96. The van der Waals surface area contributed by atoms with E-state index in [2.05, 4.69) is 0 Å². The molecule has 26 heavy (non-hydrogen) atoms. The van der Waals surface area contributed by atoms with Gasteiger partial charge in [0.05, 0.1) is 20.8 Å². The Balaban J connectivity index is 1.87. The number of methoxy groups -OCH3 is 2. The number of cyclic esters (lactones) is 1. The number of aromatic hydroxyl groups is 2. The zero-order valence-electron chi connectivity index (χ0n) is 14.6. The van der Waals surface area contributed by atoms with E-state index >= 15 is 0 Å². The molecule has 1 fully saturated rings. The normalized spacial score (nSPS) is 18.0. The lowest BCUT2D eigenvalue weighted by molar-refractivity contribution is -0.135. The maximum absolute atomic E-state index is 12.1. The molecule has 1 unspecified atom stereocenters. The molecule has 0 aliphatic carbocycles. The third-order valence-electron chi connectivity index (χ3n) is 4.34. The SMILES string of the molecule is COc1cc(/C=C2\C(=O)OCC2Cc2ccc(O)c(OC)c2)ccc1O. The molecule has 6 nitrogen and oxygen atoms in total. The molecule has 6 heteroatoms. The minimum atomic E-state index is -0.354. The fourth-order valence-electron chi connectivity index (χ4n) is 2.96. The van der Waals surface area contributed by atoms with Crippen molar-refractivity contribution in [2.45, 2.75) is 6.42 Å². The predicted molar refractivity (Wildman–Crippen MR) is 95.4 cm³/mol. The molecule has 2 aromatic carbocycles. The molecule has 0 amide bonds. The van der Waals surface area contributed by atoms with E-state index in [4.69, 9.17) is 14.2 Å². The number of carbonyl (C=O) groups is 1. The zero-order chi connectivity index (χ0) is 18.7. The van der Waals surface area contributed by atoms with Crippen LogP contribution in [-0.4, -0.2) is 37.0 Å². The Bertz CT molecular complexity index is 855. The fraction of sp³-hybridized carbons (Fsp3) is 0.250. The largest absolute Gasteiger partial charge is 0.504 e. The molecule has 0 aromatic heterocycles. The van der Waals surface area contributed by atoms with Gasteiger partial charge in [0.1, 0.15) is 0 Å². The van der Waals surface area contributed by atoms with Crippen LogP contribution in [0, 0.1) is 5.92 Å². The lowest BCUT2D eigenvalue weighted by atomic mass is 9.92. The number of rotatable bonds is 5. The number of phenolic OH excluding ortho intramolecular Hbond substituents is 2. The van der Waals surface area contributed by atoms with Gasteiger partial charge in [-0.05, 0) is 47.9 Å². The Morgan fingerprint density at radius 3 is 2.42 bits per heavy atom. The first-order chi connectivity index (χ1) is 12.5. The van der Waals surface area contributed by atoms with E-state index in [1.807, 2.05) is 0 Å². The Kier molecular flexibility index (Phi) is 5.02. The predicted octanol–water partition coefficient (Wildman–Crippen LogP) is 2.91. The zero-order valence-corrected chi connectivity index (χ0v) is 14.6. The molecule has 0 radical (unpaired) electrons. The minimum Gasteiger partial charge on any atom is -0.504 e. The van der Waals surface area contributed by atoms with E-state index in [1.165, 1.54) is 20.3 Å². The lowest BCUT2D eigenvalue weighted by Crippen LogP contribution is -2.07. The van der Waals surface area contributed by atoms with Crippen LogP contribution in [-0.2, 0) is 16.0 Å². The maximum Gasteiger partial charge on any atom is 0.334 e. The number of benzene rings is 2. The van der Waals surface area contributed by atoms with Crippen LogP contribution in [0.3, 0.4) is 0 Å².